The lowest BCUT2D eigenvalue weighted by atomic mass is 10.1. The van der Waals surface area contributed by atoms with Gasteiger partial charge in [-0.2, -0.15) is 0 Å². The number of pyridine rings is 1. The Bertz CT molecular complexity index is 553. The molecule has 0 aliphatic carbocycles. The summed E-state index contributed by atoms with van der Waals surface area (Å²) >= 11 is 5.69. The highest BCUT2D eigenvalue weighted by Gasteiger charge is 2.34. The van der Waals surface area contributed by atoms with Gasteiger partial charge in [0.15, 0.2) is 0 Å². The third-order valence-corrected chi connectivity index (χ3v) is 3.45. The molecule has 1 aliphatic rings. The van der Waals surface area contributed by atoms with Crippen LogP contribution in [0, 0.1) is 10.1 Å². The number of carbonyl (C=O) groups is 1. The van der Waals surface area contributed by atoms with Crippen LogP contribution in [0.1, 0.15) is 10.4 Å². The summed E-state index contributed by atoms with van der Waals surface area (Å²) in [5, 5.41) is 23.6. The molecule has 0 unspecified atom stereocenters. The van der Waals surface area contributed by atoms with Gasteiger partial charge in [0.2, 0.25) is 0 Å². The SMILES string of the molecule is CN(C(=O)c1cc(Cl)ncc1[N+](=O)[O-])[C@H]1CNC[C@@H]1O. The first-order chi connectivity index (χ1) is 9.41. The van der Waals surface area contributed by atoms with Crippen molar-refractivity contribution in [1.82, 2.24) is 15.2 Å². The van der Waals surface area contributed by atoms with Crippen LogP contribution in [-0.4, -0.2) is 58.1 Å². The van der Waals surface area contributed by atoms with Crippen molar-refractivity contribution in [3.05, 3.63) is 33.1 Å². The molecule has 2 N–H and O–H groups in total. The largest absolute Gasteiger partial charge is 0.390 e. The average Bonchev–Trinajstić information content (AvgIpc) is 2.82. The number of likely N-dealkylation sites (N-methyl/N-ethyl adjacent to an activating group) is 1. The first kappa shape index (κ1) is 14.6. The molecule has 2 heterocycles. The number of halogens is 1. The lowest BCUT2D eigenvalue weighted by Crippen LogP contribution is -2.44. The summed E-state index contributed by atoms with van der Waals surface area (Å²) in [5.74, 6) is -0.575. The molecule has 1 saturated heterocycles. The molecule has 0 radical (unpaired) electrons. The summed E-state index contributed by atoms with van der Waals surface area (Å²) in [6, 6.07) is 0.724. The molecule has 0 saturated carbocycles. The molecule has 0 aromatic carbocycles. The van der Waals surface area contributed by atoms with E-state index in [-0.39, 0.29) is 10.7 Å². The molecule has 1 aliphatic heterocycles. The lowest BCUT2D eigenvalue weighted by Gasteiger charge is -2.26. The number of amides is 1. The van der Waals surface area contributed by atoms with E-state index < -0.39 is 28.7 Å². The summed E-state index contributed by atoms with van der Waals surface area (Å²) in [6.07, 6.45) is 0.243. The van der Waals surface area contributed by atoms with E-state index in [1.807, 2.05) is 0 Å². The zero-order valence-corrected chi connectivity index (χ0v) is 11.4. The van der Waals surface area contributed by atoms with Gasteiger partial charge in [0, 0.05) is 20.1 Å². The number of β-amino-alcohol motifs (C(OH)–C–C–N with tert-alkyl or cyclic N) is 1. The van der Waals surface area contributed by atoms with Crippen molar-refractivity contribution in [3.8, 4) is 0 Å². The standard InChI is InChI=1S/C11H13ClN4O4/c1-15(8-3-13-5-9(8)17)11(18)6-2-10(12)14-4-7(6)16(19)20/h2,4,8-9,13,17H,3,5H2,1H3/t8-,9-/m0/s1. The maximum absolute atomic E-state index is 12.4. The van der Waals surface area contributed by atoms with Crippen molar-refractivity contribution in [3.63, 3.8) is 0 Å². The predicted molar refractivity (Wildman–Crippen MR) is 70.7 cm³/mol. The molecule has 1 aromatic heterocycles. The molecule has 108 valence electrons. The molecular weight excluding hydrogens is 288 g/mol. The van der Waals surface area contributed by atoms with E-state index >= 15 is 0 Å². The summed E-state index contributed by atoms with van der Waals surface area (Å²) in [4.78, 5) is 27.5. The van der Waals surface area contributed by atoms with Crippen LogP contribution in [0.2, 0.25) is 5.15 Å². The van der Waals surface area contributed by atoms with Gasteiger partial charge in [0.05, 0.1) is 17.1 Å². The van der Waals surface area contributed by atoms with Crippen molar-refractivity contribution in [1.29, 1.82) is 0 Å². The Labute approximate surface area is 119 Å². The number of nitrogens with zero attached hydrogens (tertiary/aromatic N) is 3. The monoisotopic (exact) mass is 300 g/mol. The minimum absolute atomic E-state index is 0.00237. The lowest BCUT2D eigenvalue weighted by molar-refractivity contribution is -0.385. The van der Waals surface area contributed by atoms with Gasteiger partial charge in [-0.05, 0) is 6.07 Å². The van der Waals surface area contributed by atoms with Crippen molar-refractivity contribution in [2.45, 2.75) is 12.1 Å². The molecule has 1 aromatic rings. The second-order valence-corrected chi connectivity index (χ2v) is 4.88. The van der Waals surface area contributed by atoms with Crippen LogP contribution < -0.4 is 5.32 Å². The normalized spacial score (nSPS) is 21.8. The van der Waals surface area contributed by atoms with E-state index in [2.05, 4.69) is 10.3 Å². The second-order valence-electron chi connectivity index (χ2n) is 4.49. The van der Waals surface area contributed by atoms with Crippen molar-refractivity contribution < 1.29 is 14.8 Å². The Morgan fingerprint density at radius 1 is 1.65 bits per heavy atom. The molecule has 0 bridgehead atoms. The Hall–Kier alpha value is -1.77. The molecule has 1 fully saturated rings. The molecule has 9 heteroatoms. The summed E-state index contributed by atoms with van der Waals surface area (Å²) < 4.78 is 0. The van der Waals surface area contributed by atoms with E-state index in [1.54, 1.807) is 0 Å². The fraction of sp³-hybridized carbons (Fsp3) is 0.455. The Balaban J connectivity index is 2.33. The molecular formula is C11H13ClN4O4. The maximum Gasteiger partial charge on any atom is 0.300 e. The van der Waals surface area contributed by atoms with Crippen molar-refractivity contribution >= 4 is 23.2 Å². The summed E-state index contributed by atoms with van der Waals surface area (Å²) in [7, 11) is 1.49. The Kier molecular flexibility index (Phi) is 4.17. The van der Waals surface area contributed by atoms with Crippen LogP contribution in [0.5, 0.6) is 0 Å². The van der Waals surface area contributed by atoms with Crippen LogP contribution in [0.25, 0.3) is 0 Å². The summed E-state index contributed by atoms with van der Waals surface area (Å²) in [6.45, 7) is 0.803. The van der Waals surface area contributed by atoms with Crippen molar-refractivity contribution in [2.75, 3.05) is 20.1 Å². The molecule has 0 spiro atoms. The van der Waals surface area contributed by atoms with Gasteiger partial charge in [0.1, 0.15) is 16.9 Å². The zero-order chi connectivity index (χ0) is 14.9. The van der Waals surface area contributed by atoms with Gasteiger partial charge in [-0.3, -0.25) is 14.9 Å². The van der Waals surface area contributed by atoms with Gasteiger partial charge in [-0.25, -0.2) is 4.98 Å². The highest BCUT2D eigenvalue weighted by atomic mass is 35.5. The molecule has 2 atom stereocenters. The fourth-order valence-electron chi connectivity index (χ4n) is 2.13. The van der Waals surface area contributed by atoms with Crippen LogP contribution in [0.15, 0.2) is 12.3 Å². The fourth-order valence-corrected chi connectivity index (χ4v) is 2.28. The van der Waals surface area contributed by atoms with E-state index in [4.69, 9.17) is 11.6 Å². The van der Waals surface area contributed by atoms with Crippen molar-refractivity contribution in [2.24, 2.45) is 0 Å². The number of nitrogens with one attached hydrogen (secondary N) is 1. The topological polar surface area (TPSA) is 109 Å². The van der Waals surface area contributed by atoms with Gasteiger partial charge in [0.25, 0.3) is 11.6 Å². The van der Waals surface area contributed by atoms with Crippen LogP contribution in [-0.2, 0) is 0 Å². The third kappa shape index (κ3) is 2.72. The Morgan fingerprint density at radius 2 is 2.35 bits per heavy atom. The molecule has 8 nitrogen and oxygen atoms in total. The van der Waals surface area contributed by atoms with E-state index in [9.17, 15) is 20.0 Å². The van der Waals surface area contributed by atoms with Crippen LogP contribution in [0.4, 0.5) is 5.69 Å². The first-order valence-corrected chi connectivity index (χ1v) is 6.25. The maximum atomic E-state index is 12.4. The summed E-state index contributed by atoms with van der Waals surface area (Å²) in [5.41, 5.74) is -0.553. The van der Waals surface area contributed by atoms with E-state index in [1.165, 1.54) is 11.9 Å². The molecule has 2 rings (SSSR count). The van der Waals surface area contributed by atoms with Gasteiger partial charge < -0.3 is 15.3 Å². The number of hydrogen-bond donors (Lipinski definition) is 2. The third-order valence-electron chi connectivity index (χ3n) is 3.25. The number of nitro groups is 1. The first-order valence-electron chi connectivity index (χ1n) is 5.87. The van der Waals surface area contributed by atoms with Gasteiger partial charge in [-0.15, -0.1) is 0 Å². The number of aliphatic hydroxyl groups excluding tert-OH is 1. The minimum atomic E-state index is -0.708. The quantitative estimate of drug-likeness (QED) is 0.464. The zero-order valence-electron chi connectivity index (χ0n) is 10.6. The number of carbonyl (C=O) groups excluding carboxylic acids is 1. The number of rotatable bonds is 3. The van der Waals surface area contributed by atoms with Crippen LogP contribution >= 0.6 is 11.6 Å². The highest BCUT2D eigenvalue weighted by Crippen LogP contribution is 2.23. The van der Waals surface area contributed by atoms with Crippen LogP contribution in [0.3, 0.4) is 0 Å². The molecule has 1 amide bonds. The van der Waals surface area contributed by atoms with Gasteiger partial charge >= 0.3 is 0 Å². The smallest absolute Gasteiger partial charge is 0.300 e. The molecule has 20 heavy (non-hydrogen) atoms. The number of aromatic nitrogens is 1. The van der Waals surface area contributed by atoms with Gasteiger partial charge in [-0.1, -0.05) is 11.6 Å². The van der Waals surface area contributed by atoms with E-state index in [0.717, 1.165) is 12.3 Å². The average molecular weight is 301 g/mol. The predicted octanol–water partition coefficient (Wildman–Crippen LogP) is 0.0479. The number of hydrogen-bond acceptors (Lipinski definition) is 6. The minimum Gasteiger partial charge on any atom is -0.390 e. The Morgan fingerprint density at radius 3 is 2.90 bits per heavy atom. The second kappa shape index (κ2) is 5.70. The number of aliphatic hydroxyl groups is 1. The highest BCUT2D eigenvalue weighted by molar-refractivity contribution is 6.29. The van der Waals surface area contributed by atoms with E-state index in [0.29, 0.717) is 13.1 Å².